The lowest BCUT2D eigenvalue weighted by atomic mass is 10.0. The lowest BCUT2D eigenvalue weighted by Gasteiger charge is -2.37. The molecule has 1 N–H and O–H groups in total. The Labute approximate surface area is 134 Å². The lowest BCUT2D eigenvalue weighted by molar-refractivity contribution is -0.139. The number of hydrogen-bond donors (Lipinski definition) is 1. The highest BCUT2D eigenvalue weighted by atomic mass is 79.9. The third kappa shape index (κ3) is 5.09. The van der Waals surface area contributed by atoms with Crippen LogP contribution in [-0.4, -0.2) is 53.1 Å². The summed E-state index contributed by atoms with van der Waals surface area (Å²) in [6, 6.07) is 8.83. The Morgan fingerprint density at radius 3 is 2.71 bits per heavy atom. The SMILES string of the molecule is CCN(CC(=O)O)C1CCN(Cc2cccc(Br)c2)CC1. The van der Waals surface area contributed by atoms with Crippen molar-refractivity contribution in [2.75, 3.05) is 26.2 Å². The van der Waals surface area contributed by atoms with Crippen molar-refractivity contribution in [1.29, 1.82) is 0 Å². The molecule has 0 amide bonds. The van der Waals surface area contributed by atoms with Crippen LogP contribution in [0.15, 0.2) is 28.7 Å². The number of piperidine rings is 1. The molecule has 4 nitrogen and oxygen atoms in total. The van der Waals surface area contributed by atoms with Gasteiger partial charge in [-0.15, -0.1) is 0 Å². The number of aliphatic carboxylic acids is 1. The van der Waals surface area contributed by atoms with Gasteiger partial charge in [0.1, 0.15) is 0 Å². The highest BCUT2D eigenvalue weighted by molar-refractivity contribution is 9.10. The highest BCUT2D eigenvalue weighted by Crippen LogP contribution is 2.19. The molecule has 1 fully saturated rings. The Morgan fingerprint density at radius 2 is 2.14 bits per heavy atom. The summed E-state index contributed by atoms with van der Waals surface area (Å²) < 4.78 is 1.12. The molecule has 1 saturated heterocycles. The lowest BCUT2D eigenvalue weighted by Crippen LogP contribution is -2.46. The summed E-state index contributed by atoms with van der Waals surface area (Å²) >= 11 is 3.51. The van der Waals surface area contributed by atoms with Gasteiger partial charge >= 0.3 is 5.97 Å². The Balaban J connectivity index is 1.84. The van der Waals surface area contributed by atoms with Crippen LogP contribution >= 0.6 is 15.9 Å². The minimum absolute atomic E-state index is 0.160. The van der Waals surface area contributed by atoms with Crippen LogP contribution in [0.5, 0.6) is 0 Å². The molecule has 0 radical (unpaired) electrons. The zero-order valence-electron chi connectivity index (χ0n) is 12.5. The zero-order chi connectivity index (χ0) is 15.2. The summed E-state index contributed by atoms with van der Waals surface area (Å²) in [5, 5.41) is 8.96. The number of halogens is 1. The van der Waals surface area contributed by atoms with Gasteiger partial charge in [-0.2, -0.15) is 0 Å². The van der Waals surface area contributed by atoms with Crippen molar-refractivity contribution in [3.05, 3.63) is 34.3 Å². The van der Waals surface area contributed by atoms with Crippen molar-refractivity contribution in [3.63, 3.8) is 0 Å². The van der Waals surface area contributed by atoms with Gasteiger partial charge in [-0.05, 0) is 50.2 Å². The molecule has 21 heavy (non-hydrogen) atoms. The van der Waals surface area contributed by atoms with E-state index in [1.807, 2.05) is 13.0 Å². The standard InChI is InChI=1S/C16H23BrN2O2/c1-2-19(12-16(20)21)15-6-8-18(9-7-15)11-13-4-3-5-14(17)10-13/h3-5,10,15H,2,6-9,11-12H2,1H3,(H,20,21). The molecule has 2 rings (SSSR count). The van der Waals surface area contributed by atoms with E-state index >= 15 is 0 Å². The Bertz CT molecular complexity index is 473. The van der Waals surface area contributed by atoms with Gasteiger partial charge in [-0.1, -0.05) is 35.0 Å². The predicted octanol–water partition coefficient (Wildman–Crippen LogP) is 2.82. The molecule has 0 unspecified atom stereocenters. The maximum atomic E-state index is 10.9. The van der Waals surface area contributed by atoms with E-state index < -0.39 is 5.97 Å². The average Bonchev–Trinajstić information content (AvgIpc) is 2.45. The van der Waals surface area contributed by atoms with Crippen molar-refractivity contribution in [3.8, 4) is 0 Å². The van der Waals surface area contributed by atoms with Gasteiger partial charge in [0.05, 0.1) is 6.54 Å². The summed E-state index contributed by atoms with van der Waals surface area (Å²) in [6.07, 6.45) is 2.10. The molecular formula is C16H23BrN2O2. The average molecular weight is 355 g/mol. The fourth-order valence-electron chi connectivity index (χ4n) is 3.01. The number of carbonyl (C=O) groups is 1. The Morgan fingerprint density at radius 1 is 1.43 bits per heavy atom. The first-order valence-corrected chi connectivity index (χ1v) is 8.30. The molecule has 1 aliphatic heterocycles. The van der Waals surface area contributed by atoms with Crippen molar-refractivity contribution in [2.24, 2.45) is 0 Å². The number of nitrogens with zero attached hydrogens (tertiary/aromatic N) is 2. The van der Waals surface area contributed by atoms with Crippen LogP contribution in [0, 0.1) is 0 Å². The van der Waals surface area contributed by atoms with Crippen molar-refractivity contribution < 1.29 is 9.90 Å². The van der Waals surface area contributed by atoms with Crippen LogP contribution in [0.3, 0.4) is 0 Å². The van der Waals surface area contributed by atoms with Crippen molar-refractivity contribution >= 4 is 21.9 Å². The summed E-state index contributed by atoms with van der Waals surface area (Å²) in [5.74, 6) is -0.728. The molecule has 0 spiro atoms. The zero-order valence-corrected chi connectivity index (χ0v) is 14.1. The summed E-state index contributed by atoms with van der Waals surface area (Å²) in [4.78, 5) is 15.4. The molecule has 0 aromatic heterocycles. The van der Waals surface area contributed by atoms with Gasteiger partial charge in [0.15, 0.2) is 0 Å². The van der Waals surface area contributed by atoms with Gasteiger partial charge < -0.3 is 5.11 Å². The van der Waals surface area contributed by atoms with Crippen molar-refractivity contribution in [2.45, 2.75) is 32.4 Å². The molecule has 0 atom stereocenters. The van der Waals surface area contributed by atoms with Gasteiger partial charge in [-0.3, -0.25) is 14.6 Å². The number of likely N-dealkylation sites (N-methyl/N-ethyl adjacent to an activating group) is 1. The molecule has 1 aromatic rings. The smallest absolute Gasteiger partial charge is 0.317 e. The van der Waals surface area contributed by atoms with E-state index in [0.29, 0.717) is 6.04 Å². The number of benzene rings is 1. The van der Waals surface area contributed by atoms with Crippen LogP contribution in [0.4, 0.5) is 0 Å². The highest BCUT2D eigenvalue weighted by Gasteiger charge is 2.24. The van der Waals surface area contributed by atoms with E-state index in [1.165, 1.54) is 5.56 Å². The first-order chi connectivity index (χ1) is 10.1. The molecule has 5 heteroatoms. The molecule has 1 aliphatic rings. The summed E-state index contributed by atoms with van der Waals surface area (Å²) in [5.41, 5.74) is 1.32. The predicted molar refractivity (Wildman–Crippen MR) is 87.3 cm³/mol. The van der Waals surface area contributed by atoms with E-state index in [2.05, 4.69) is 43.9 Å². The van der Waals surface area contributed by atoms with Crippen LogP contribution in [0.25, 0.3) is 0 Å². The quantitative estimate of drug-likeness (QED) is 0.852. The monoisotopic (exact) mass is 354 g/mol. The topological polar surface area (TPSA) is 43.8 Å². The number of rotatable bonds is 6. The third-order valence-corrected chi connectivity index (χ3v) is 4.61. The maximum absolute atomic E-state index is 10.9. The van der Waals surface area contributed by atoms with Gasteiger partial charge in [-0.25, -0.2) is 0 Å². The molecule has 0 saturated carbocycles. The van der Waals surface area contributed by atoms with Crippen LogP contribution < -0.4 is 0 Å². The van der Waals surface area contributed by atoms with E-state index in [0.717, 1.165) is 43.5 Å². The molecule has 116 valence electrons. The van der Waals surface area contributed by atoms with Crippen LogP contribution in [-0.2, 0) is 11.3 Å². The largest absolute Gasteiger partial charge is 0.480 e. The Kier molecular flexibility index (Phi) is 6.21. The fraction of sp³-hybridized carbons (Fsp3) is 0.562. The first-order valence-electron chi connectivity index (χ1n) is 7.51. The van der Waals surface area contributed by atoms with Crippen LogP contribution in [0.1, 0.15) is 25.3 Å². The van der Waals surface area contributed by atoms with Gasteiger partial charge in [0.25, 0.3) is 0 Å². The second kappa shape index (κ2) is 7.92. The minimum atomic E-state index is -0.728. The van der Waals surface area contributed by atoms with E-state index in [-0.39, 0.29) is 6.54 Å². The number of hydrogen-bond acceptors (Lipinski definition) is 3. The van der Waals surface area contributed by atoms with Crippen LogP contribution in [0.2, 0.25) is 0 Å². The van der Waals surface area contributed by atoms with E-state index in [1.54, 1.807) is 0 Å². The molecule has 0 bridgehead atoms. The van der Waals surface area contributed by atoms with Crippen molar-refractivity contribution in [1.82, 2.24) is 9.80 Å². The number of carboxylic acid groups (broad SMARTS) is 1. The molecule has 0 aliphatic carbocycles. The van der Waals surface area contributed by atoms with Gasteiger partial charge in [0.2, 0.25) is 0 Å². The maximum Gasteiger partial charge on any atom is 0.317 e. The van der Waals surface area contributed by atoms with E-state index in [9.17, 15) is 4.79 Å². The summed E-state index contributed by atoms with van der Waals surface area (Å²) in [6.45, 7) is 6.05. The molecule has 1 heterocycles. The minimum Gasteiger partial charge on any atom is -0.480 e. The number of carboxylic acids is 1. The third-order valence-electron chi connectivity index (χ3n) is 4.11. The second-order valence-corrected chi connectivity index (χ2v) is 6.51. The molecular weight excluding hydrogens is 332 g/mol. The molecule has 1 aromatic carbocycles. The normalized spacial score (nSPS) is 17.3. The number of likely N-dealkylation sites (tertiary alicyclic amines) is 1. The van der Waals surface area contributed by atoms with Gasteiger partial charge in [0, 0.05) is 17.1 Å². The summed E-state index contributed by atoms with van der Waals surface area (Å²) in [7, 11) is 0. The fourth-order valence-corrected chi connectivity index (χ4v) is 3.46. The Hall–Kier alpha value is -0.910. The second-order valence-electron chi connectivity index (χ2n) is 5.59. The first kappa shape index (κ1) is 16.5. The van der Waals surface area contributed by atoms with E-state index in [4.69, 9.17) is 5.11 Å².